The molecule has 112 valence electrons. The summed E-state index contributed by atoms with van der Waals surface area (Å²) in [5.41, 5.74) is -0.316. The standard InChI is InChI=1S/C16H30O3/c1-5-9-11-16(8-4,12-10-6-2)15(17)19-14-18-13-7-3/h7H,3,5-6,8-14H2,1-2,4H3. The van der Waals surface area contributed by atoms with Crippen molar-refractivity contribution >= 4 is 5.97 Å². The molecule has 0 aromatic carbocycles. The van der Waals surface area contributed by atoms with Crippen LogP contribution in [0.2, 0.25) is 0 Å². The van der Waals surface area contributed by atoms with Crippen LogP contribution in [0.25, 0.3) is 0 Å². The second-order valence-corrected chi connectivity index (χ2v) is 5.05. The number of unbranched alkanes of at least 4 members (excludes halogenated alkanes) is 2. The molecule has 0 N–H and O–H groups in total. The largest absolute Gasteiger partial charge is 0.438 e. The first-order valence-electron chi connectivity index (χ1n) is 7.52. The van der Waals surface area contributed by atoms with Crippen LogP contribution in [-0.2, 0) is 14.3 Å². The van der Waals surface area contributed by atoms with Crippen LogP contribution in [0.15, 0.2) is 12.7 Å². The number of hydrogen-bond acceptors (Lipinski definition) is 3. The second kappa shape index (κ2) is 11.0. The lowest BCUT2D eigenvalue weighted by atomic mass is 9.76. The minimum Gasteiger partial charge on any atom is -0.438 e. The van der Waals surface area contributed by atoms with Crippen molar-refractivity contribution in [2.75, 3.05) is 13.4 Å². The quantitative estimate of drug-likeness (QED) is 0.227. The predicted molar refractivity (Wildman–Crippen MR) is 78.9 cm³/mol. The van der Waals surface area contributed by atoms with Crippen LogP contribution in [0.5, 0.6) is 0 Å². The van der Waals surface area contributed by atoms with Gasteiger partial charge < -0.3 is 9.47 Å². The third-order valence-electron chi connectivity index (χ3n) is 3.64. The summed E-state index contributed by atoms with van der Waals surface area (Å²) in [4.78, 5) is 12.3. The zero-order chi connectivity index (χ0) is 14.6. The summed E-state index contributed by atoms with van der Waals surface area (Å²) >= 11 is 0. The van der Waals surface area contributed by atoms with Crippen LogP contribution in [0.3, 0.4) is 0 Å². The summed E-state index contributed by atoms with van der Waals surface area (Å²) in [5.74, 6) is -0.0963. The summed E-state index contributed by atoms with van der Waals surface area (Å²) in [6.45, 7) is 10.4. The van der Waals surface area contributed by atoms with Crippen LogP contribution in [0, 0.1) is 5.41 Å². The Balaban J connectivity index is 4.48. The molecule has 0 unspecified atom stereocenters. The van der Waals surface area contributed by atoms with Gasteiger partial charge in [-0.2, -0.15) is 0 Å². The van der Waals surface area contributed by atoms with Crippen LogP contribution < -0.4 is 0 Å². The average molecular weight is 270 g/mol. The maximum Gasteiger partial charge on any atom is 0.314 e. The fourth-order valence-corrected chi connectivity index (χ4v) is 2.24. The molecule has 0 spiro atoms. The number of carbonyl (C=O) groups is 1. The van der Waals surface area contributed by atoms with E-state index in [2.05, 4.69) is 27.4 Å². The Morgan fingerprint density at radius 1 is 1.16 bits per heavy atom. The van der Waals surface area contributed by atoms with Gasteiger partial charge in [0.25, 0.3) is 0 Å². The normalized spacial score (nSPS) is 11.3. The highest BCUT2D eigenvalue weighted by Crippen LogP contribution is 2.36. The number of hydrogen-bond donors (Lipinski definition) is 0. The maximum absolute atomic E-state index is 12.3. The van der Waals surface area contributed by atoms with Gasteiger partial charge in [0.15, 0.2) is 6.79 Å². The molecule has 3 nitrogen and oxygen atoms in total. The smallest absolute Gasteiger partial charge is 0.314 e. The molecule has 3 heteroatoms. The molecule has 0 rings (SSSR count). The molecule has 0 aliphatic rings. The maximum atomic E-state index is 12.3. The van der Waals surface area contributed by atoms with E-state index in [1.165, 1.54) is 0 Å². The Labute approximate surface area is 118 Å². The zero-order valence-electron chi connectivity index (χ0n) is 12.9. The molecule has 0 atom stereocenters. The molecule has 0 aliphatic carbocycles. The summed E-state index contributed by atoms with van der Waals surface area (Å²) in [6.07, 6.45) is 8.67. The SMILES string of the molecule is C=CCOCOC(=O)C(CC)(CCCC)CCCC. The molecular weight excluding hydrogens is 240 g/mol. The van der Waals surface area contributed by atoms with Crippen molar-refractivity contribution in [3.8, 4) is 0 Å². The van der Waals surface area contributed by atoms with E-state index < -0.39 is 0 Å². The van der Waals surface area contributed by atoms with Crippen molar-refractivity contribution in [1.29, 1.82) is 0 Å². The van der Waals surface area contributed by atoms with Gasteiger partial charge >= 0.3 is 5.97 Å². The van der Waals surface area contributed by atoms with Crippen molar-refractivity contribution in [2.24, 2.45) is 5.41 Å². The molecule has 0 bridgehead atoms. The van der Waals surface area contributed by atoms with Crippen LogP contribution in [0.4, 0.5) is 0 Å². The Kier molecular flexibility index (Phi) is 10.6. The number of carbonyl (C=O) groups excluding carboxylic acids is 1. The highest BCUT2D eigenvalue weighted by atomic mass is 16.7. The molecule has 0 aromatic heterocycles. The lowest BCUT2D eigenvalue weighted by molar-refractivity contribution is -0.169. The van der Waals surface area contributed by atoms with E-state index in [9.17, 15) is 4.79 Å². The van der Waals surface area contributed by atoms with E-state index >= 15 is 0 Å². The molecule has 0 amide bonds. The van der Waals surface area contributed by atoms with Gasteiger partial charge in [0.1, 0.15) is 0 Å². The van der Waals surface area contributed by atoms with E-state index in [-0.39, 0.29) is 18.2 Å². The number of rotatable bonds is 12. The van der Waals surface area contributed by atoms with Gasteiger partial charge in [-0.25, -0.2) is 0 Å². The van der Waals surface area contributed by atoms with E-state index in [1.807, 2.05) is 0 Å². The van der Waals surface area contributed by atoms with E-state index in [0.717, 1.165) is 44.9 Å². The molecule has 0 radical (unpaired) electrons. The number of esters is 1. The minimum absolute atomic E-state index is 0.0326. The molecule has 19 heavy (non-hydrogen) atoms. The molecule has 0 saturated heterocycles. The first-order chi connectivity index (χ1) is 9.16. The highest BCUT2D eigenvalue weighted by molar-refractivity contribution is 5.76. The van der Waals surface area contributed by atoms with Crippen molar-refractivity contribution < 1.29 is 14.3 Å². The zero-order valence-corrected chi connectivity index (χ0v) is 12.9. The monoisotopic (exact) mass is 270 g/mol. The first kappa shape index (κ1) is 18.2. The van der Waals surface area contributed by atoms with Crippen LogP contribution >= 0.6 is 0 Å². The predicted octanol–water partition coefficient (Wildman–Crippen LogP) is 4.47. The third-order valence-corrected chi connectivity index (χ3v) is 3.64. The lowest BCUT2D eigenvalue weighted by Gasteiger charge is -2.30. The van der Waals surface area contributed by atoms with E-state index in [0.29, 0.717) is 6.61 Å². The molecule has 0 heterocycles. The Morgan fingerprint density at radius 3 is 2.16 bits per heavy atom. The lowest BCUT2D eigenvalue weighted by Crippen LogP contribution is -2.33. The van der Waals surface area contributed by atoms with Crippen molar-refractivity contribution in [1.82, 2.24) is 0 Å². The van der Waals surface area contributed by atoms with Gasteiger partial charge in [0.05, 0.1) is 12.0 Å². The van der Waals surface area contributed by atoms with Crippen LogP contribution in [0.1, 0.15) is 65.7 Å². The van der Waals surface area contributed by atoms with Gasteiger partial charge in [-0.05, 0) is 19.3 Å². The average Bonchev–Trinajstić information content (AvgIpc) is 2.44. The molecule has 0 aromatic rings. The fraction of sp³-hybridized carbons (Fsp3) is 0.812. The molecule has 0 aliphatic heterocycles. The van der Waals surface area contributed by atoms with Gasteiger partial charge in [0, 0.05) is 0 Å². The van der Waals surface area contributed by atoms with Crippen molar-refractivity contribution in [2.45, 2.75) is 65.7 Å². The van der Waals surface area contributed by atoms with Crippen molar-refractivity contribution in [3.05, 3.63) is 12.7 Å². The minimum atomic E-state index is -0.316. The van der Waals surface area contributed by atoms with E-state index in [4.69, 9.17) is 9.47 Å². The van der Waals surface area contributed by atoms with E-state index in [1.54, 1.807) is 6.08 Å². The summed E-state index contributed by atoms with van der Waals surface area (Å²) < 4.78 is 10.4. The summed E-state index contributed by atoms with van der Waals surface area (Å²) in [6, 6.07) is 0. The van der Waals surface area contributed by atoms with Gasteiger partial charge in [0.2, 0.25) is 0 Å². The molecule has 0 fully saturated rings. The van der Waals surface area contributed by atoms with Gasteiger partial charge in [-0.1, -0.05) is 52.5 Å². The summed E-state index contributed by atoms with van der Waals surface area (Å²) in [5, 5.41) is 0. The highest BCUT2D eigenvalue weighted by Gasteiger charge is 2.36. The first-order valence-corrected chi connectivity index (χ1v) is 7.52. The fourth-order valence-electron chi connectivity index (χ4n) is 2.24. The van der Waals surface area contributed by atoms with Gasteiger partial charge in [-0.15, -0.1) is 6.58 Å². The summed E-state index contributed by atoms with van der Waals surface area (Å²) in [7, 11) is 0. The van der Waals surface area contributed by atoms with Crippen molar-refractivity contribution in [3.63, 3.8) is 0 Å². The third kappa shape index (κ3) is 6.76. The number of ether oxygens (including phenoxy) is 2. The Bertz CT molecular complexity index is 240. The molecular formula is C16H30O3. The Morgan fingerprint density at radius 2 is 1.74 bits per heavy atom. The Hall–Kier alpha value is -0.830. The topological polar surface area (TPSA) is 35.5 Å². The van der Waals surface area contributed by atoms with Crippen LogP contribution in [-0.4, -0.2) is 19.4 Å². The second-order valence-electron chi connectivity index (χ2n) is 5.05. The van der Waals surface area contributed by atoms with Gasteiger partial charge in [-0.3, -0.25) is 4.79 Å². The molecule has 0 saturated carbocycles.